The summed E-state index contributed by atoms with van der Waals surface area (Å²) in [5, 5.41) is 6.85. The molecule has 0 saturated heterocycles. The first-order valence-electron chi connectivity index (χ1n) is 11.2. The number of rotatable bonds is 6. The lowest BCUT2D eigenvalue weighted by Gasteiger charge is -2.27. The minimum atomic E-state index is -0.394. The molecule has 0 radical (unpaired) electrons. The van der Waals surface area contributed by atoms with Crippen LogP contribution in [0.5, 0.6) is 0 Å². The van der Waals surface area contributed by atoms with E-state index in [0.29, 0.717) is 29.2 Å². The van der Waals surface area contributed by atoms with E-state index in [1.54, 1.807) is 4.90 Å². The van der Waals surface area contributed by atoms with Gasteiger partial charge in [0.25, 0.3) is 0 Å². The summed E-state index contributed by atoms with van der Waals surface area (Å²) < 4.78 is 3.96. The third-order valence-corrected chi connectivity index (χ3v) is 6.54. The second-order valence-electron chi connectivity index (χ2n) is 8.63. The number of anilines is 2. The van der Waals surface area contributed by atoms with Crippen molar-refractivity contribution < 1.29 is 4.79 Å². The molecule has 1 fully saturated rings. The number of benzene rings is 2. The lowest BCUT2D eigenvalue weighted by Crippen LogP contribution is -2.40. The third-order valence-electron chi connectivity index (χ3n) is 6.54. The van der Waals surface area contributed by atoms with E-state index in [1.807, 2.05) is 70.0 Å². The molecule has 0 unspecified atom stereocenters. The molecule has 8 nitrogen and oxygen atoms in total. The maximum atomic E-state index is 12.8. The highest BCUT2D eigenvalue weighted by Gasteiger charge is 2.49. The van der Waals surface area contributed by atoms with Gasteiger partial charge in [-0.2, -0.15) is 5.10 Å². The van der Waals surface area contributed by atoms with E-state index >= 15 is 0 Å². The summed E-state index contributed by atoms with van der Waals surface area (Å²) >= 11 is 0. The Kier molecular flexibility index (Phi) is 4.48. The first kappa shape index (κ1) is 20.2. The number of hydrogen-bond donors (Lipinski definition) is 1. The van der Waals surface area contributed by atoms with Crippen LogP contribution >= 0.6 is 0 Å². The summed E-state index contributed by atoms with van der Waals surface area (Å²) in [5.41, 5.74) is 8.46. The maximum Gasteiger partial charge on any atom is 0.250 e. The molecule has 6 rings (SSSR count). The van der Waals surface area contributed by atoms with Gasteiger partial charge in [0, 0.05) is 11.9 Å². The molecule has 0 atom stereocenters. The lowest BCUT2D eigenvalue weighted by molar-refractivity contribution is -0.114. The number of nitrogens with zero attached hydrogens (tertiary/aromatic N) is 6. The lowest BCUT2D eigenvalue weighted by atomic mass is 10.2. The zero-order valence-electron chi connectivity index (χ0n) is 18.5. The molecule has 1 aliphatic rings. The molecule has 1 saturated carbocycles. The van der Waals surface area contributed by atoms with Crippen molar-refractivity contribution in [3.05, 3.63) is 85.8 Å². The van der Waals surface area contributed by atoms with Crippen LogP contribution in [0.3, 0.4) is 0 Å². The van der Waals surface area contributed by atoms with Crippen molar-refractivity contribution in [3.8, 4) is 5.82 Å². The second kappa shape index (κ2) is 7.55. The van der Waals surface area contributed by atoms with Gasteiger partial charge in [-0.3, -0.25) is 9.36 Å². The van der Waals surface area contributed by atoms with Gasteiger partial charge in [0.05, 0.1) is 17.6 Å². The number of nitrogen functional groups attached to an aromatic ring is 1. The first-order chi connectivity index (χ1) is 16.6. The van der Waals surface area contributed by atoms with Gasteiger partial charge >= 0.3 is 0 Å². The van der Waals surface area contributed by atoms with Crippen LogP contribution in [0.2, 0.25) is 0 Å². The molecule has 0 spiro atoms. The zero-order valence-corrected chi connectivity index (χ0v) is 18.5. The van der Waals surface area contributed by atoms with Gasteiger partial charge in [-0.05, 0) is 48.6 Å². The zero-order chi connectivity index (χ0) is 23.3. The number of fused-ring (bicyclic) bond motifs is 2. The van der Waals surface area contributed by atoms with Gasteiger partial charge < -0.3 is 10.6 Å². The topological polar surface area (TPSA) is 94.9 Å². The normalized spacial score (nSPS) is 14.4. The minimum absolute atomic E-state index is 0.153. The highest BCUT2D eigenvalue weighted by molar-refractivity contribution is 6.01. The molecular formula is C26H23N7O. The number of amides is 1. The van der Waals surface area contributed by atoms with E-state index < -0.39 is 5.54 Å². The molecule has 1 aliphatic carbocycles. The predicted molar refractivity (Wildman–Crippen MR) is 133 cm³/mol. The highest BCUT2D eigenvalue weighted by atomic mass is 16.2. The van der Waals surface area contributed by atoms with Gasteiger partial charge in [0.1, 0.15) is 17.5 Å². The van der Waals surface area contributed by atoms with Crippen LogP contribution in [-0.4, -0.2) is 36.8 Å². The number of nitrogens with two attached hydrogens (primary N) is 1. The van der Waals surface area contributed by atoms with Gasteiger partial charge in [-0.1, -0.05) is 43.0 Å². The molecule has 0 aliphatic heterocycles. The van der Waals surface area contributed by atoms with Crippen LogP contribution in [0.25, 0.3) is 27.8 Å². The van der Waals surface area contributed by atoms with Crippen molar-refractivity contribution in [1.29, 1.82) is 0 Å². The third kappa shape index (κ3) is 3.07. The Morgan fingerprint density at radius 1 is 1.09 bits per heavy atom. The largest absolute Gasteiger partial charge is 0.383 e. The average molecular weight is 450 g/mol. The van der Waals surface area contributed by atoms with Crippen LogP contribution in [0.1, 0.15) is 12.8 Å². The summed E-state index contributed by atoms with van der Waals surface area (Å²) in [4.78, 5) is 23.4. The number of carbonyl (C=O) groups is 1. The Morgan fingerprint density at radius 2 is 1.85 bits per heavy atom. The molecule has 2 N–H and O–H groups in total. The molecule has 2 aromatic carbocycles. The summed E-state index contributed by atoms with van der Waals surface area (Å²) in [6.07, 6.45) is 6.54. The van der Waals surface area contributed by atoms with E-state index in [4.69, 9.17) is 10.8 Å². The van der Waals surface area contributed by atoms with Crippen LogP contribution in [0, 0.1) is 0 Å². The maximum absolute atomic E-state index is 12.8. The van der Waals surface area contributed by atoms with Crippen LogP contribution < -0.4 is 10.6 Å². The van der Waals surface area contributed by atoms with E-state index in [1.165, 1.54) is 12.4 Å². The molecule has 34 heavy (non-hydrogen) atoms. The molecule has 0 bridgehead atoms. The van der Waals surface area contributed by atoms with Crippen LogP contribution in [0.4, 0.5) is 11.5 Å². The fourth-order valence-electron chi connectivity index (χ4n) is 4.61. The Hall–Kier alpha value is -4.46. The van der Waals surface area contributed by atoms with Crippen molar-refractivity contribution in [1.82, 2.24) is 24.3 Å². The number of aromatic nitrogens is 5. The summed E-state index contributed by atoms with van der Waals surface area (Å²) in [6.45, 7) is 4.16. The Morgan fingerprint density at radius 3 is 2.62 bits per heavy atom. The summed E-state index contributed by atoms with van der Waals surface area (Å²) in [7, 11) is 0. The quantitative estimate of drug-likeness (QED) is 0.395. The van der Waals surface area contributed by atoms with Crippen molar-refractivity contribution in [2.24, 2.45) is 0 Å². The molecule has 5 aromatic rings. The molecule has 8 heteroatoms. The minimum Gasteiger partial charge on any atom is -0.383 e. The van der Waals surface area contributed by atoms with Crippen molar-refractivity contribution in [2.75, 3.05) is 17.2 Å². The molecular weight excluding hydrogens is 426 g/mol. The average Bonchev–Trinajstić information content (AvgIpc) is 3.35. The Bertz CT molecular complexity index is 1550. The molecule has 3 aromatic heterocycles. The fraction of sp³-hybridized carbons (Fsp3) is 0.154. The summed E-state index contributed by atoms with van der Waals surface area (Å²) in [5.74, 6) is 0.906. The van der Waals surface area contributed by atoms with Crippen molar-refractivity contribution in [3.63, 3.8) is 0 Å². The monoisotopic (exact) mass is 449 g/mol. The van der Waals surface area contributed by atoms with Gasteiger partial charge in [0.15, 0.2) is 11.5 Å². The smallest absolute Gasteiger partial charge is 0.250 e. The van der Waals surface area contributed by atoms with E-state index in [-0.39, 0.29) is 5.91 Å². The first-order valence-corrected chi connectivity index (χ1v) is 11.2. The van der Waals surface area contributed by atoms with E-state index in [2.05, 4.69) is 22.6 Å². The highest BCUT2D eigenvalue weighted by Crippen LogP contribution is 2.47. The van der Waals surface area contributed by atoms with Gasteiger partial charge in [0.2, 0.25) is 5.91 Å². The van der Waals surface area contributed by atoms with E-state index in [9.17, 15) is 4.79 Å². The number of carbonyl (C=O) groups excluding carboxylic acids is 1. The molecule has 168 valence electrons. The molecule has 3 heterocycles. The fourth-order valence-corrected chi connectivity index (χ4v) is 4.61. The standard InChI is InChI=1S/C26H23N7O/c1-2-21(34)32(19-9-4-3-5-10-19)16-26(13-14-26)33-24-22(23(27)28-17-29-24)25(30-33)31-15-12-18-8-6-7-11-20(18)31/h2-12,15,17H,1,13-14,16H2,(H2,27,28,29). The SMILES string of the molecule is C=CC(=O)N(CC1(n2nc(-n3ccc4ccccc43)c3c(N)ncnc32)CC1)c1ccccc1. The Labute approximate surface area is 195 Å². The van der Waals surface area contributed by atoms with Gasteiger partial charge in [-0.15, -0.1) is 0 Å². The Balaban J connectivity index is 1.51. The number of para-hydroxylation sites is 2. The van der Waals surface area contributed by atoms with Crippen LogP contribution in [0.15, 0.2) is 85.8 Å². The number of hydrogen-bond acceptors (Lipinski definition) is 5. The van der Waals surface area contributed by atoms with Crippen molar-refractivity contribution >= 4 is 39.3 Å². The van der Waals surface area contributed by atoms with Crippen LogP contribution in [-0.2, 0) is 10.3 Å². The van der Waals surface area contributed by atoms with E-state index in [0.717, 1.165) is 29.4 Å². The predicted octanol–water partition coefficient (Wildman–Crippen LogP) is 4.06. The second-order valence-corrected chi connectivity index (χ2v) is 8.63. The summed E-state index contributed by atoms with van der Waals surface area (Å²) in [6, 6.07) is 19.8. The van der Waals surface area contributed by atoms with Gasteiger partial charge in [-0.25, -0.2) is 14.6 Å². The molecule has 1 amide bonds. The van der Waals surface area contributed by atoms with Crippen molar-refractivity contribution in [2.45, 2.75) is 18.4 Å².